The minimum atomic E-state index is -0.218. The number of rotatable bonds is 8. The van der Waals surface area contributed by atoms with Crippen molar-refractivity contribution in [3.8, 4) is 5.75 Å². The second-order valence-corrected chi connectivity index (χ2v) is 7.64. The third kappa shape index (κ3) is 4.98. The molecule has 29 heavy (non-hydrogen) atoms. The molecule has 0 radical (unpaired) electrons. The second kappa shape index (κ2) is 9.90. The fourth-order valence-corrected chi connectivity index (χ4v) is 4.21. The maximum Gasteiger partial charge on any atom is 0.310 e. The van der Waals surface area contributed by atoms with Crippen molar-refractivity contribution in [2.75, 3.05) is 33.6 Å². The van der Waals surface area contributed by atoms with Gasteiger partial charge in [-0.15, -0.1) is 0 Å². The number of likely N-dealkylation sites (tertiary alicyclic amines) is 1. The molecule has 0 spiro atoms. The van der Waals surface area contributed by atoms with Gasteiger partial charge in [0.05, 0.1) is 12.5 Å². The number of esters is 1. The zero-order valence-electron chi connectivity index (χ0n) is 17.8. The minimum absolute atomic E-state index is 0.0181. The molecule has 0 N–H and O–H groups in total. The van der Waals surface area contributed by atoms with Crippen LogP contribution in [0.1, 0.15) is 35.1 Å². The number of ether oxygens (including phenoxy) is 3. The molecule has 2 unspecified atom stereocenters. The lowest BCUT2D eigenvalue weighted by atomic mass is 9.84. The molecule has 2 aromatic rings. The molecule has 1 aliphatic rings. The van der Waals surface area contributed by atoms with Crippen molar-refractivity contribution in [3.05, 3.63) is 64.7 Å². The van der Waals surface area contributed by atoms with E-state index >= 15 is 0 Å². The number of hydrogen-bond donors (Lipinski definition) is 0. The molecule has 5 heteroatoms. The number of methoxy groups -OCH3 is 1. The van der Waals surface area contributed by atoms with Crippen molar-refractivity contribution in [1.29, 1.82) is 0 Å². The summed E-state index contributed by atoms with van der Waals surface area (Å²) in [6.07, 6.45) is 0. The Bertz CT molecular complexity index is 821. The smallest absolute Gasteiger partial charge is 0.310 e. The van der Waals surface area contributed by atoms with E-state index in [1.807, 2.05) is 32.0 Å². The average molecular weight is 398 g/mol. The summed E-state index contributed by atoms with van der Waals surface area (Å²) >= 11 is 0. The van der Waals surface area contributed by atoms with Crippen molar-refractivity contribution in [1.82, 2.24) is 4.90 Å². The molecule has 1 heterocycles. The normalized spacial score (nSPS) is 19.3. The fourth-order valence-electron chi connectivity index (χ4n) is 4.21. The van der Waals surface area contributed by atoms with E-state index in [4.69, 9.17) is 14.2 Å². The Balaban J connectivity index is 1.94. The van der Waals surface area contributed by atoms with Crippen LogP contribution in [0.15, 0.2) is 42.5 Å². The number of carbonyl (C=O) groups excluding carboxylic acids is 1. The number of carbonyl (C=O) groups is 1. The van der Waals surface area contributed by atoms with Crippen molar-refractivity contribution >= 4 is 5.97 Å². The molecule has 156 valence electrons. The predicted molar refractivity (Wildman–Crippen MR) is 113 cm³/mol. The van der Waals surface area contributed by atoms with Gasteiger partial charge in [-0.3, -0.25) is 9.69 Å². The van der Waals surface area contributed by atoms with Gasteiger partial charge >= 0.3 is 5.97 Å². The lowest BCUT2D eigenvalue weighted by Crippen LogP contribution is -2.26. The van der Waals surface area contributed by atoms with Crippen molar-refractivity contribution in [2.45, 2.75) is 33.2 Å². The molecule has 0 bridgehead atoms. The van der Waals surface area contributed by atoms with Crippen molar-refractivity contribution in [2.24, 2.45) is 5.92 Å². The molecule has 1 fully saturated rings. The van der Waals surface area contributed by atoms with Crippen LogP contribution in [0, 0.1) is 19.8 Å². The summed E-state index contributed by atoms with van der Waals surface area (Å²) in [6.45, 7) is 8.81. The van der Waals surface area contributed by atoms with Crippen molar-refractivity contribution < 1.29 is 19.0 Å². The van der Waals surface area contributed by atoms with E-state index in [0.717, 1.165) is 35.5 Å². The Morgan fingerprint density at radius 3 is 2.48 bits per heavy atom. The molecule has 2 aromatic carbocycles. The summed E-state index contributed by atoms with van der Waals surface area (Å²) in [6, 6.07) is 14.5. The highest BCUT2D eigenvalue weighted by molar-refractivity contribution is 5.75. The van der Waals surface area contributed by atoms with E-state index in [1.165, 1.54) is 5.56 Å². The van der Waals surface area contributed by atoms with Crippen LogP contribution in [0.25, 0.3) is 0 Å². The van der Waals surface area contributed by atoms with Crippen LogP contribution in [0.2, 0.25) is 0 Å². The Morgan fingerprint density at radius 2 is 1.79 bits per heavy atom. The monoisotopic (exact) mass is 397 g/mol. The summed E-state index contributed by atoms with van der Waals surface area (Å²) < 4.78 is 16.5. The van der Waals surface area contributed by atoms with Gasteiger partial charge in [-0.1, -0.05) is 42.5 Å². The van der Waals surface area contributed by atoms with Gasteiger partial charge < -0.3 is 14.2 Å². The molecule has 5 nitrogen and oxygen atoms in total. The van der Waals surface area contributed by atoms with E-state index in [0.29, 0.717) is 13.2 Å². The Morgan fingerprint density at radius 1 is 1.07 bits per heavy atom. The van der Waals surface area contributed by atoms with E-state index in [2.05, 4.69) is 36.1 Å². The van der Waals surface area contributed by atoms with Gasteiger partial charge in [0.25, 0.3) is 0 Å². The summed E-state index contributed by atoms with van der Waals surface area (Å²) in [5, 5.41) is 0. The number of benzene rings is 2. The van der Waals surface area contributed by atoms with E-state index < -0.39 is 0 Å². The predicted octanol–water partition coefficient (Wildman–Crippen LogP) is 4.06. The van der Waals surface area contributed by atoms with Crippen LogP contribution in [-0.2, 0) is 20.8 Å². The molecule has 2 atom stereocenters. The summed E-state index contributed by atoms with van der Waals surface area (Å²) in [5.41, 5.74) is 4.51. The third-order valence-corrected chi connectivity index (χ3v) is 5.54. The number of nitrogens with zero attached hydrogens (tertiary/aromatic N) is 1. The third-order valence-electron chi connectivity index (χ3n) is 5.54. The topological polar surface area (TPSA) is 48.0 Å². The average Bonchev–Trinajstić information content (AvgIpc) is 3.12. The van der Waals surface area contributed by atoms with Crippen LogP contribution in [0.5, 0.6) is 5.75 Å². The first kappa shape index (κ1) is 21.3. The van der Waals surface area contributed by atoms with Crippen molar-refractivity contribution in [3.63, 3.8) is 0 Å². The van der Waals surface area contributed by atoms with Gasteiger partial charge in [0, 0.05) is 38.2 Å². The Kier molecular flexibility index (Phi) is 7.29. The molecular weight excluding hydrogens is 366 g/mol. The maximum atomic E-state index is 12.8. The SMILES string of the molecule is CCOC(=O)C1CN(Cc2ccccc2)CC1c1c(C)ccc(C)c1OCOC. The molecule has 1 aliphatic heterocycles. The molecule has 3 rings (SSSR count). The maximum absolute atomic E-state index is 12.8. The van der Waals surface area contributed by atoms with Crippen LogP contribution < -0.4 is 4.74 Å². The lowest BCUT2D eigenvalue weighted by molar-refractivity contribution is -0.148. The minimum Gasteiger partial charge on any atom is -0.467 e. The second-order valence-electron chi connectivity index (χ2n) is 7.64. The van der Waals surface area contributed by atoms with E-state index in [9.17, 15) is 4.79 Å². The van der Waals surface area contributed by atoms with E-state index in [1.54, 1.807) is 7.11 Å². The van der Waals surface area contributed by atoms with Gasteiger partial charge in [0.1, 0.15) is 5.75 Å². The zero-order chi connectivity index (χ0) is 20.8. The molecule has 0 aliphatic carbocycles. The van der Waals surface area contributed by atoms with Gasteiger partial charge in [0.15, 0.2) is 6.79 Å². The summed E-state index contributed by atoms with van der Waals surface area (Å²) in [4.78, 5) is 15.2. The van der Waals surface area contributed by atoms with Crippen LogP contribution >= 0.6 is 0 Å². The van der Waals surface area contributed by atoms with E-state index in [-0.39, 0.29) is 24.6 Å². The molecule has 0 aromatic heterocycles. The van der Waals surface area contributed by atoms with Crippen LogP contribution in [0.4, 0.5) is 0 Å². The first-order valence-electron chi connectivity index (χ1n) is 10.2. The van der Waals surface area contributed by atoms with Crippen LogP contribution in [0.3, 0.4) is 0 Å². The summed E-state index contributed by atoms with van der Waals surface area (Å²) in [5.74, 6) is 0.493. The first-order valence-corrected chi connectivity index (χ1v) is 10.2. The number of hydrogen-bond acceptors (Lipinski definition) is 5. The molecule has 0 amide bonds. The largest absolute Gasteiger partial charge is 0.467 e. The standard InChI is InChI=1S/C24H31NO4/c1-5-28-24(26)21-15-25(13-19-9-7-6-8-10-19)14-20(21)22-17(2)11-12-18(3)23(22)29-16-27-4/h6-12,20-21H,5,13-16H2,1-4H3. The van der Waals surface area contributed by atoms with Gasteiger partial charge in [-0.2, -0.15) is 0 Å². The Hall–Kier alpha value is -2.37. The Labute approximate surface area is 173 Å². The highest BCUT2D eigenvalue weighted by atomic mass is 16.7. The van der Waals surface area contributed by atoms with Crippen LogP contribution in [-0.4, -0.2) is 44.5 Å². The highest BCUT2D eigenvalue weighted by Crippen LogP contribution is 2.42. The summed E-state index contributed by atoms with van der Waals surface area (Å²) in [7, 11) is 1.61. The first-order chi connectivity index (χ1) is 14.0. The highest BCUT2D eigenvalue weighted by Gasteiger charge is 2.41. The molecule has 0 saturated carbocycles. The zero-order valence-corrected chi connectivity index (χ0v) is 17.8. The number of aryl methyl sites for hydroxylation is 2. The van der Waals surface area contributed by atoms with Gasteiger partial charge in [-0.25, -0.2) is 0 Å². The van der Waals surface area contributed by atoms with Gasteiger partial charge in [-0.05, 0) is 37.5 Å². The fraction of sp³-hybridized carbons (Fsp3) is 0.458. The lowest BCUT2D eigenvalue weighted by Gasteiger charge is -2.24. The molecular formula is C24H31NO4. The quantitative estimate of drug-likeness (QED) is 0.496. The molecule has 1 saturated heterocycles. The van der Waals surface area contributed by atoms with Gasteiger partial charge in [0.2, 0.25) is 0 Å².